The van der Waals surface area contributed by atoms with Crippen LogP contribution in [0.1, 0.15) is 60.0 Å². The number of halogens is 1. The monoisotopic (exact) mass is 305 g/mol. The van der Waals surface area contributed by atoms with E-state index in [0.717, 1.165) is 31.2 Å². The Kier molecular flexibility index (Phi) is 4.84. The van der Waals surface area contributed by atoms with Crippen molar-refractivity contribution in [2.45, 2.75) is 57.4 Å². The molecule has 1 aromatic rings. The number of benzene rings is 1. The molecule has 3 heteroatoms. The molecular formula is C18H24ClNO. The summed E-state index contributed by atoms with van der Waals surface area (Å²) in [4.78, 5) is 14.9. The standard InChI is InChI=1S/C18H24ClNO/c19-11-12-20(17-7-2-1-3-8-17)18(21)16-10-9-14-5-4-6-15(14)13-16/h9-10,13,17H,1-8,11-12H2. The zero-order valence-electron chi connectivity index (χ0n) is 12.6. The Morgan fingerprint density at radius 2 is 1.86 bits per heavy atom. The van der Waals surface area contributed by atoms with Gasteiger partial charge in [-0.3, -0.25) is 4.79 Å². The van der Waals surface area contributed by atoms with Gasteiger partial charge in [-0.1, -0.05) is 25.3 Å². The van der Waals surface area contributed by atoms with Crippen LogP contribution in [0.5, 0.6) is 0 Å². The van der Waals surface area contributed by atoms with E-state index in [1.54, 1.807) is 0 Å². The third kappa shape index (κ3) is 3.26. The van der Waals surface area contributed by atoms with Crippen molar-refractivity contribution in [3.63, 3.8) is 0 Å². The van der Waals surface area contributed by atoms with E-state index in [0.29, 0.717) is 18.5 Å². The predicted molar refractivity (Wildman–Crippen MR) is 87.1 cm³/mol. The van der Waals surface area contributed by atoms with E-state index in [2.05, 4.69) is 12.1 Å². The first-order valence-electron chi connectivity index (χ1n) is 8.28. The zero-order chi connectivity index (χ0) is 14.7. The van der Waals surface area contributed by atoms with Crippen molar-refractivity contribution in [3.05, 3.63) is 34.9 Å². The van der Waals surface area contributed by atoms with E-state index in [1.165, 1.54) is 36.8 Å². The van der Waals surface area contributed by atoms with E-state index in [9.17, 15) is 4.79 Å². The predicted octanol–water partition coefficient (Wildman–Crippen LogP) is 4.19. The maximum absolute atomic E-state index is 12.9. The van der Waals surface area contributed by atoms with Crippen LogP contribution in [-0.2, 0) is 12.8 Å². The summed E-state index contributed by atoms with van der Waals surface area (Å²) < 4.78 is 0. The molecule has 0 saturated heterocycles. The van der Waals surface area contributed by atoms with Crippen molar-refractivity contribution in [1.82, 2.24) is 4.90 Å². The summed E-state index contributed by atoms with van der Waals surface area (Å²) in [5.74, 6) is 0.699. The molecule has 2 nitrogen and oxygen atoms in total. The molecule has 21 heavy (non-hydrogen) atoms. The van der Waals surface area contributed by atoms with Gasteiger partial charge in [0.2, 0.25) is 0 Å². The van der Waals surface area contributed by atoms with E-state index >= 15 is 0 Å². The lowest BCUT2D eigenvalue weighted by Crippen LogP contribution is -2.42. The van der Waals surface area contributed by atoms with Gasteiger partial charge in [-0.2, -0.15) is 0 Å². The molecule has 0 N–H and O–H groups in total. The Hall–Kier alpha value is -1.02. The summed E-state index contributed by atoms with van der Waals surface area (Å²) in [5, 5.41) is 0. The van der Waals surface area contributed by atoms with Crippen LogP contribution in [0, 0.1) is 0 Å². The second-order valence-electron chi connectivity index (χ2n) is 6.32. The van der Waals surface area contributed by atoms with Crippen molar-refractivity contribution < 1.29 is 4.79 Å². The fraction of sp³-hybridized carbons (Fsp3) is 0.611. The number of hydrogen-bond acceptors (Lipinski definition) is 1. The second-order valence-corrected chi connectivity index (χ2v) is 6.69. The topological polar surface area (TPSA) is 20.3 Å². The second kappa shape index (κ2) is 6.83. The Labute approximate surface area is 132 Å². The molecule has 3 rings (SSSR count). The molecule has 1 aromatic carbocycles. The molecule has 1 saturated carbocycles. The maximum atomic E-state index is 12.9. The van der Waals surface area contributed by atoms with E-state index in [-0.39, 0.29) is 5.91 Å². The van der Waals surface area contributed by atoms with Gasteiger partial charge in [-0.15, -0.1) is 11.6 Å². The van der Waals surface area contributed by atoms with Gasteiger partial charge in [0.1, 0.15) is 0 Å². The van der Waals surface area contributed by atoms with Crippen LogP contribution in [0.15, 0.2) is 18.2 Å². The number of carbonyl (C=O) groups is 1. The lowest BCUT2D eigenvalue weighted by Gasteiger charge is -2.34. The highest BCUT2D eigenvalue weighted by Gasteiger charge is 2.26. The first kappa shape index (κ1) is 14.9. The van der Waals surface area contributed by atoms with Crippen molar-refractivity contribution in [2.75, 3.05) is 12.4 Å². The van der Waals surface area contributed by atoms with Gasteiger partial charge in [0.15, 0.2) is 0 Å². The van der Waals surface area contributed by atoms with Crippen molar-refractivity contribution >= 4 is 17.5 Å². The van der Waals surface area contributed by atoms with Gasteiger partial charge in [-0.25, -0.2) is 0 Å². The Morgan fingerprint density at radius 1 is 1.10 bits per heavy atom. The molecule has 2 aliphatic carbocycles. The summed E-state index contributed by atoms with van der Waals surface area (Å²) in [6.07, 6.45) is 9.55. The number of aryl methyl sites for hydroxylation is 2. The minimum Gasteiger partial charge on any atom is -0.334 e. The summed E-state index contributed by atoms with van der Waals surface area (Å²) in [7, 11) is 0. The molecule has 0 atom stereocenters. The number of rotatable bonds is 4. The van der Waals surface area contributed by atoms with Crippen molar-refractivity contribution in [2.24, 2.45) is 0 Å². The number of hydrogen-bond donors (Lipinski definition) is 0. The van der Waals surface area contributed by atoms with E-state index in [4.69, 9.17) is 11.6 Å². The van der Waals surface area contributed by atoms with Crippen LogP contribution in [0.2, 0.25) is 0 Å². The van der Waals surface area contributed by atoms with Crippen LogP contribution in [-0.4, -0.2) is 29.3 Å². The SMILES string of the molecule is O=C(c1ccc2c(c1)CCC2)N(CCCl)C1CCCCC1. The molecule has 0 unspecified atom stereocenters. The highest BCUT2D eigenvalue weighted by atomic mass is 35.5. The lowest BCUT2D eigenvalue weighted by atomic mass is 9.93. The minimum absolute atomic E-state index is 0.178. The van der Waals surface area contributed by atoms with Crippen LogP contribution < -0.4 is 0 Å². The smallest absolute Gasteiger partial charge is 0.254 e. The maximum Gasteiger partial charge on any atom is 0.254 e. The third-order valence-corrected chi connectivity index (χ3v) is 5.12. The van der Waals surface area contributed by atoms with Crippen LogP contribution in [0.4, 0.5) is 0 Å². The molecule has 2 aliphatic rings. The quantitative estimate of drug-likeness (QED) is 0.764. The molecule has 114 valence electrons. The summed E-state index contributed by atoms with van der Waals surface area (Å²) >= 11 is 5.95. The van der Waals surface area contributed by atoms with Crippen molar-refractivity contribution in [3.8, 4) is 0 Å². The number of alkyl halides is 1. The third-order valence-electron chi connectivity index (χ3n) is 4.95. The fourth-order valence-electron chi connectivity index (χ4n) is 3.80. The van der Waals surface area contributed by atoms with E-state index in [1.807, 2.05) is 11.0 Å². The summed E-state index contributed by atoms with van der Waals surface area (Å²) in [6, 6.07) is 6.67. The molecule has 0 heterocycles. The van der Waals surface area contributed by atoms with Crippen molar-refractivity contribution in [1.29, 1.82) is 0 Å². The highest BCUT2D eigenvalue weighted by molar-refractivity contribution is 6.18. The average Bonchev–Trinajstić information content (AvgIpc) is 3.00. The first-order valence-corrected chi connectivity index (χ1v) is 8.82. The minimum atomic E-state index is 0.178. The molecule has 0 bridgehead atoms. The van der Waals surface area contributed by atoms with Crippen LogP contribution >= 0.6 is 11.6 Å². The fourth-order valence-corrected chi connectivity index (χ4v) is 3.99. The first-order chi connectivity index (χ1) is 10.3. The number of nitrogens with zero attached hydrogens (tertiary/aromatic N) is 1. The Morgan fingerprint density at radius 3 is 2.62 bits per heavy atom. The van der Waals surface area contributed by atoms with Crippen LogP contribution in [0.25, 0.3) is 0 Å². The van der Waals surface area contributed by atoms with Gasteiger partial charge in [0, 0.05) is 24.0 Å². The molecule has 0 aliphatic heterocycles. The highest BCUT2D eigenvalue weighted by Crippen LogP contribution is 2.26. The summed E-state index contributed by atoms with van der Waals surface area (Å²) in [6.45, 7) is 0.669. The molecule has 0 aromatic heterocycles. The van der Waals surface area contributed by atoms with E-state index < -0.39 is 0 Å². The number of carbonyl (C=O) groups excluding carboxylic acids is 1. The Bertz CT molecular complexity index is 508. The van der Waals surface area contributed by atoms with Gasteiger partial charge in [-0.05, 0) is 55.4 Å². The normalized spacial score (nSPS) is 18.5. The number of fused-ring (bicyclic) bond motifs is 1. The van der Waals surface area contributed by atoms with Gasteiger partial charge in [0.05, 0.1) is 0 Å². The Balaban J connectivity index is 1.79. The number of amides is 1. The molecule has 0 spiro atoms. The van der Waals surface area contributed by atoms with Gasteiger partial charge < -0.3 is 4.90 Å². The molecular weight excluding hydrogens is 282 g/mol. The lowest BCUT2D eigenvalue weighted by molar-refractivity contribution is 0.0649. The van der Waals surface area contributed by atoms with Gasteiger partial charge >= 0.3 is 0 Å². The average molecular weight is 306 g/mol. The molecule has 1 amide bonds. The van der Waals surface area contributed by atoms with Crippen LogP contribution in [0.3, 0.4) is 0 Å². The largest absolute Gasteiger partial charge is 0.334 e. The zero-order valence-corrected chi connectivity index (χ0v) is 13.4. The van der Waals surface area contributed by atoms with Gasteiger partial charge in [0.25, 0.3) is 5.91 Å². The molecule has 0 radical (unpaired) electrons. The molecule has 1 fully saturated rings. The summed E-state index contributed by atoms with van der Waals surface area (Å²) in [5.41, 5.74) is 3.65.